The summed E-state index contributed by atoms with van der Waals surface area (Å²) in [7, 11) is 0. The summed E-state index contributed by atoms with van der Waals surface area (Å²) in [6.45, 7) is 12.4. The van der Waals surface area contributed by atoms with Gasteiger partial charge in [-0.25, -0.2) is 9.59 Å². The summed E-state index contributed by atoms with van der Waals surface area (Å²) < 4.78 is 11.0. The van der Waals surface area contributed by atoms with Gasteiger partial charge >= 0.3 is 12.2 Å². The molecule has 2 aromatic rings. The van der Waals surface area contributed by atoms with Gasteiger partial charge in [0, 0.05) is 9.75 Å². The van der Waals surface area contributed by atoms with Crippen LogP contribution in [-0.4, -0.2) is 35.3 Å². The molecule has 0 aromatic carbocycles. The van der Waals surface area contributed by atoms with Crippen molar-refractivity contribution >= 4 is 34.9 Å². The molecule has 0 aliphatic carbocycles. The fourth-order valence-corrected chi connectivity index (χ4v) is 4.26. The number of carbonyl (C=O) groups excluding carboxylic acids is 2. The Balaban J connectivity index is 2.03. The lowest BCUT2D eigenvalue weighted by Crippen LogP contribution is -2.43. The molecule has 0 fully saturated rings. The lowest BCUT2D eigenvalue weighted by molar-refractivity contribution is 0.0466. The van der Waals surface area contributed by atoms with Gasteiger partial charge in [-0.2, -0.15) is 0 Å². The molecule has 0 spiro atoms. The van der Waals surface area contributed by atoms with Gasteiger partial charge in [-0.3, -0.25) is 4.90 Å². The molecule has 2 heterocycles. The number of thiophene rings is 2. The van der Waals surface area contributed by atoms with E-state index in [1.807, 2.05) is 41.9 Å². The minimum Gasteiger partial charge on any atom is -0.447 e. The molecule has 2 amide bonds. The number of rotatable bonds is 10. The summed E-state index contributed by atoms with van der Waals surface area (Å²) in [5.41, 5.74) is 0.180. The molecule has 8 heteroatoms. The smallest absolute Gasteiger partial charge is 0.410 e. The minimum atomic E-state index is -0.615. The van der Waals surface area contributed by atoms with Gasteiger partial charge in [-0.05, 0) is 50.1 Å². The molecule has 0 radical (unpaired) electrons. The lowest BCUT2D eigenvalue weighted by Gasteiger charge is -2.26. The van der Waals surface area contributed by atoms with Crippen molar-refractivity contribution in [2.45, 2.75) is 65.3 Å². The molecule has 6 nitrogen and oxygen atoms in total. The molecule has 2 rings (SSSR count). The highest BCUT2D eigenvalue weighted by Crippen LogP contribution is 2.19. The fourth-order valence-electron chi connectivity index (χ4n) is 2.82. The van der Waals surface area contributed by atoms with E-state index in [4.69, 9.17) is 9.47 Å². The van der Waals surface area contributed by atoms with E-state index in [0.29, 0.717) is 19.5 Å². The molecule has 1 N–H and O–H groups in total. The molecule has 31 heavy (non-hydrogen) atoms. The molecular weight excluding hydrogens is 432 g/mol. The van der Waals surface area contributed by atoms with Crippen molar-refractivity contribution in [2.75, 3.05) is 6.61 Å². The largest absolute Gasteiger partial charge is 0.447 e. The van der Waals surface area contributed by atoms with Gasteiger partial charge < -0.3 is 14.8 Å². The molecule has 2 aromatic heterocycles. The molecule has 0 aliphatic rings. The summed E-state index contributed by atoms with van der Waals surface area (Å²) in [5.74, 6) is 0. The first-order valence-corrected chi connectivity index (χ1v) is 12.1. The maximum atomic E-state index is 12.9. The molecule has 0 saturated carbocycles. The highest BCUT2D eigenvalue weighted by Gasteiger charge is 2.24. The maximum Gasteiger partial charge on any atom is 0.410 e. The number of hydrogen-bond acceptors (Lipinski definition) is 6. The first-order chi connectivity index (χ1) is 14.7. The third-order valence-corrected chi connectivity index (χ3v) is 5.96. The number of amides is 2. The van der Waals surface area contributed by atoms with E-state index >= 15 is 0 Å². The zero-order valence-electron chi connectivity index (χ0n) is 18.7. The second-order valence-corrected chi connectivity index (χ2v) is 10.3. The number of carbonyl (C=O) groups is 2. The van der Waals surface area contributed by atoms with Gasteiger partial charge in [0.25, 0.3) is 0 Å². The van der Waals surface area contributed by atoms with Crippen LogP contribution in [0.3, 0.4) is 0 Å². The van der Waals surface area contributed by atoms with Crippen molar-refractivity contribution < 1.29 is 19.1 Å². The third kappa shape index (κ3) is 9.14. The fraction of sp³-hybridized carbons (Fsp3) is 0.478. The normalized spacial score (nSPS) is 12.1. The first kappa shape index (κ1) is 24.9. The van der Waals surface area contributed by atoms with Crippen molar-refractivity contribution in [3.63, 3.8) is 0 Å². The van der Waals surface area contributed by atoms with Crippen LogP contribution in [0.1, 0.15) is 50.3 Å². The van der Waals surface area contributed by atoms with E-state index in [9.17, 15) is 9.59 Å². The highest BCUT2D eigenvalue weighted by atomic mass is 32.1. The summed E-state index contributed by atoms with van der Waals surface area (Å²) >= 11 is 3.19. The second-order valence-electron chi connectivity index (χ2n) is 8.20. The number of nitrogens with zero attached hydrogens (tertiary/aromatic N) is 1. The SMILES string of the molecule is C=C(CCC)[C@@H](COC(=O)N(Cc1cccs1)Cc1cccs1)NC(=O)OC(C)(C)C. The Morgan fingerprint density at radius 3 is 2.16 bits per heavy atom. The number of nitrogens with one attached hydrogen (secondary N) is 1. The maximum absolute atomic E-state index is 12.9. The van der Waals surface area contributed by atoms with Gasteiger partial charge in [0.15, 0.2) is 0 Å². The van der Waals surface area contributed by atoms with E-state index in [1.54, 1.807) is 48.3 Å². The van der Waals surface area contributed by atoms with E-state index in [-0.39, 0.29) is 6.61 Å². The number of alkyl carbamates (subject to hydrolysis) is 1. The quantitative estimate of drug-likeness (QED) is 0.425. The molecule has 0 unspecified atom stereocenters. The van der Waals surface area contributed by atoms with E-state index in [0.717, 1.165) is 21.7 Å². The van der Waals surface area contributed by atoms with Crippen LogP contribution in [0.5, 0.6) is 0 Å². The van der Waals surface area contributed by atoms with Crippen molar-refractivity contribution in [1.29, 1.82) is 0 Å². The second kappa shape index (κ2) is 11.9. The van der Waals surface area contributed by atoms with Crippen LogP contribution in [0.4, 0.5) is 9.59 Å². The van der Waals surface area contributed by atoms with Crippen LogP contribution >= 0.6 is 22.7 Å². The predicted molar refractivity (Wildman–Crippen MR) is 126 cm³/mol. The van der Waals surface area contributed by atoms with Crippen LogP contribution < -0.4 is 5.32 Å². The summed E-state index contributed by atoms with van der Waals surface area (Å²) in [4.78, 5) is 29.0. The van der Waals surface area contributed by atoms with E-state index in [1.165, 1.54) is 0 Å². The molecule has 1 atom stereocenters. The van der Waals surface area contributed by atoms with Crippen LogP contribution in [-0.2, 0) is 22.6 Å². The Bertz CT molecular complexity index is 790. The van der Waals surface area contributed by atoms with Crippen LogP contribution in [0, 0.1) is 0 Å². The zero-order chi connectivity index (χ0) is 22.9. The van der Waals surface area contributed by atoms with Gasteiger partial charge in [0.1, 0.15) is 12.2 Å². The Kier molecular flexibility index (Phi) is 9.58. The number of ether oxygens (including phenoxy) is 2. The van der Waals surface area contributed by atoms with E-state index < -0.39 is 23.8 Å². The van der Waals surface area contributed by atoms with Crippen LogP contribution in [0.2, 0.25) is 0 Å². The third-order valence-electron chi connectivity index (χ3n) is 4.24. The zero-order valence-corrected chi connectivity index (χ0v) is 20.3. The van der Waals surface area contributed by atoms with Crippen LogP contribution in [0.15, 0.2) is 47.2 Å². The monoisotopic (exact) mass is 464 g/mol. The Morgan fingerprint density at radius 1 is 1.13 bits per heavy atom. The molecule has 0 bridgehead atoms. The van der Waals surface area contributed by atoms with Crippen LogP contribution in [0.25, 0.3) is 0 Å². The lowest BCUT2D eigenvalue weighted by atomic mass is 10.1. The predicted octanol–water partition coefficient (Wildman–Crippen LogP) is 6.20. The molecule has 0 saturated heterocycles. The Morgan fingerprint density at radius 2 is 1.71 bits per heavy atom. The van der Waals surface area contributed by atoms with Gasteiger partial charge in [0.2, 0.25) is 0 Å². The standard InChI is InChI=1S/C23H32N2O4S2/c1-6-9-17(2)20(24-21(26)29-23(3,4)5)16-28-22(27)25(14-18-10-7-12-30-18)15-19-11-8-13-31-19/h7-8,10-13,20H,2,6,9,14-16H2,1,3-5H3,(H,24,26)/t20-/m1/s1. The highest BCUT2D eigenvalue weighted by molar-refractivity contribution is 7.10. The molecule has 170 valence electrons. The van der Waals surface area contributed by atoms with Gasteiger partial charge in [-0.1, -0.05) is 37.6 Å². The van der Waals surface area contributed by atoms with Gasteiger partial charge in [0.05, 0.1) is 19.1 Å². The molecular formula is C23H32N2O4S2. The van der Waals surface area contributed by atoms with Crippen molar-refractivity contribution in [3.05, 3.63) is 56.9 Å². The summed E-state index contributed by atoms with van der Waals surface area (Å²) in [6, 6.07) is 7.41. The summed E-state index contributed by atoms with van der Waals surface area (Å²) in [5, 5.41) is 6.76. The Labute approximate surface area is 192 Å². The van der Waals surface area contributed by atoms with Crippen molar-refractivity contribution in [3.8, 4) is 0 Å². The average molecular weight is 465 g/mol. The van der Waals surface area contributed by atoms with Crippen molar-refractivity contribution in [2.24, 2.45) is 0 Å². The van der Waals surface area contributed by atoms with E-state index in [2.05, 4.69) is 11.9 Å². The van der Waals surface area contributed by atoms with Gasteiger partial charge in [-0.15, -0.1) is 22.7 Å². The number of hydrogen-bond donors (Lipinski definition) is 1. The average Bonchev–Trinajstić information content (AvgIpc) is 3.37. The minimum absolute atomic E-state index is 0.00227. The topological polar surface area (TPSA) is 67.9 Å². The molecule has 0 aliphatic heterocycles. The Hall–Kier alpha value is -2.32. The summed E-state index contributed by atoms with van der Waals surface area (Å²) in [6.07, 6.45) is 0.607. The van der Waals surface area contributed by atoms with Crippen molar-refractivity contribution in [1.82, 2.24) is 10.2 Å². The first-order valence-electron chi connectivity index (χ1n) is 10.3.